The van der Waals surface area contributed by atoms with E-state index in [1.807, 2.05) is 24.3 Å². The maximum atomic E-state index is 12.4. The van der Waals surface area contributed by atoms with Crippen LogP contribution in [0.4, 0.5) is 23.7 Å². The number of alkyl halides is 3. The molecule has 4 rings (SSSR count). The van der Waals surface area contributed by atoms with Gasteiger partial charge in [0.25, 0.3) is 0 Å². The number of amides is 1. The van der Waals surface area contributed by atoms with Gasteiger partial charge in [0.2, 0.25) is 0 Å². The monoisotopic (exact) mass is 468 g/mol. The molecule has 3 aromatic rings. The fraction of sp³-hybridized carbons (Fsp3) is 0.192. The number of hydrogen-bond donors (Lipinski definition) is 2. The third-order valence-electron chi connectivity index (χ3n) is 5.50. The van der Waals surface area contributed by atoms with Crippen molar-refractivity contribution in [2.75, 3.05) is 18.9 Å². The lowest BCUT2D eigenvalue weighted by Crippen LogP contribution is -2.26. The van der Waals surface area contributed by atoms with E-state index < -0.39 is 18.2 Å². The van der Waals surface area contributed by atoms with Crippen LogP contribution in [0.2, 0.25) is 0 Å². The molecule has 176 valence electrons. The van der Waals surface area contributed by atoms with Crippen molar-refractivity contribution in [2.24, 2.45) is 0 Å². The molecule has 1 amide bonds. The molecule has 0 saturated heterocycles. The Morgan fingerprint density at radius 1 is 1.00 bits per heavy atom. The minimum Gasteiger partial charge on any atom is -0.449 e. The summed E-state index contributed by atoms with van der Waals surface area (Å²) in [6.45, 7) is 0.539. The molecule has 0 radical (unpaired) electrons. The molecule has 0 heterocycles. The van der Waals surface area contributed by atoms with Gasteiger partial charge in [-0.15, -0.1) is 13.2 Å². The third kappa shape index (κ3) is 5.51. The molecule has 0 aliphatic heterocycles. The number of carbonyl (C=O) groups is 1. The summed E-state index contributed by atoms with van der Waals surface area (Å²) in [5, 5.41) is 2.69. The zero-order valence-corrected chi connectivity index (χ0v) is 18.1. The number of ether oxygens (including phenoxy) is 2. The molecule has 0 unspecified atom stereocenters. The molecule has 1 aliphatic rings. The standard InChI is InChI=1S/C26H23F3N2O3/c27-26(28,29)34-24-15-17(12-13-23(24)30)7-5-6-14-31-25(32)33-16-22-20-10-3-1-8-18(20)19-9-2-4-11-21(19)22/h1-5,7-13,15,22H,6,14,16,30H2,(H,31,32). The SMILES string of the molecule is Nc1ccc(C=CCCNC(=O)OCC2c3ccccc3-c3ccccc32)cc1OC(F)(F)F. The molecule has 0 fully saturated rings. The number of hydrogen-bond acceptors (Lipinski definition) is 4. The van der Waals surface area contributed by atoms with E-state index in [0.29, 0.717) is 18.5 Å². The van der Waals surface area contributed by atoms with Gasteiger partial charge in [-0.1, -0.05) is 66.7 Å². The van der Waals surface area contributed by atoms with E-state index in [9.17, 15) is 18.0 Å². The highest BCUT2D eigenvalue weighted by atomic mass is 19.4. The molecular formula is C26H23F3N2O3. The van der Waals surface area contributed by atoms with E-state index in [1.54, 1.807) is 18.2 Å². The van der Waals surface area contributed by atoms with Gasteiger partial charge in [-0.3, -0.25) is 0 Å². The molecular weight excluding hydrogens is 445 g/mol. The Kier molecular flexibility index (Phi) is 6.77. The zero-order valence-electron chi connectivity index (χ0n) is 18.1. The number of nitrogen functional groups attached to an aromatic ring is 1. The molecule has 0 aromatic heterocycles. The highest BCUT2D eigenvalue weighted by Crippen LogP contribution is 2.44. The molecule has 0 bridgehead atoms. The number of halogens is 3. The predicted molar refractivity (Wildman–Crippen MR) is 124 cm³/mol. The maximum Gasteiger partial charge on any atom is 0.573 e. The summed E-state index contributed by atoms with van der Waals surface area (Å²) in [4.78, 5) is 12.2. The van der Waals surface area contributed by atoms with Crippen molar-refractivity contribution >= 4 is 17.9 Å². The minimum absolute atomic E-state index is 0.0170. The van der Waals surface area contributed by atoms with E-state index in [2.05, 4.69) is 34.3 Å². The van der Waals surface area contributed by atoms with Gasteiger partial charge in [-0.05, 0) is 46.4 Å². The fourth-order valence-electron chi connectivity index (χ4n) is 3.99. The van der Waals surface area contributed by atoms with Crippen molar-refractivity contribution in [3.05, 3.63) is 89.5 Å². The van der Waals surface area contributed by atoms with Crippen LogP contribution in [0.15, 0.2) is 72.8 Å². The van der Waals surface area contributed by atoms with E-state index >= 15 is 0 Å². The Morgan fingerprint density at radius 3 is 2.29 bits per heavy atom. The van der Waals surface area contributed by atoms with Gasteiger partial charge < -0.3 is 20.5 Å². The Labute approximate surface area is 195 Å². The first-order chi connectivity index (χ1) is 16.3. The van der Waals surface area contributed by atoms with Crippen LogP contribution in [-0.2, 0) is 4.74 Å². The molecule has 1 aliphatic carbocycles. The molecule has 34 heavy (non-hydrogen) atoms. The van der Waals surface area contributed by atoms with Crippen LogP contribution in [-0.4, -0.2) is 25.6 Å². The lowest BCUT2D eigenvalue weighted by molar-refractivity contribution is -0.274. The second kappa shape index (κ2) is 9.91. The third-order valence-corrected chi connectivity index (χ3v) is 5.50. The summed E-state index contributed by atoms with van der Waals surface area (Å²) in [6, 6.07) is 20.3. The summed E-state index contributed by atoms with van der Waals surface area (Å²) >= 11 is 0. The van der Waals surface area contributed by atoms with Crippen molar-refractivity contribution in [1.29, 1.82) is 0 Å². The van der Waals surface area contributed by atoms with Crippen LogP contribution in [0.25, 0.3) is 17.2 Å². The molecule has 0 atom stereocenters. The van der Waals surface area contributed by atoms with Gasteiger partial charge in [0.15, 0.2) is 5.75 Å². The number of rotatable bonds is 7. The zero-order chi connectivity index (χ0) is 24.1. The molecule has 8 heteroatoms. The summed E-state index contributed by atoms with van der Waals surface area (Å²) in [5.74, 6) is -0.469. The first-order valence-electron chi connectivity index (χ1n) is 10.7. The molecule has 0 spiro atoms. The van der Waals surface area contributed by atoms with E-state index in [1.165, 1.54) is 12.1 Å². The van der Waals surface area contributed by atoms with Crippen LogP contribution in [0, 0.1) is 0 Å². The van der Waals surface area contributed by atoms with E-state index in [4.69, 9.17) is 10.5 Å². The maximum absolute atomic E-state index is 12.4. The van der Waals surface area contributed by atoms with Gasteiger partial charge in [-0.25, -0.2) is 4.79 Å². The smallest absolute Gasteiger partial charge is 0.449 e. The second-order valence-electron chi connectivity index (χ2n) is 7.79. The topological polar surface area (TPSA) is 73.6 Å². The Bertz CT molecular complexity index is 1160. The molecule has 3 N–H and O–H groups in total. The van der Waals surface area contributed by atoms with Crippen LogP contribution >= 0.6 is 0 Å². The lowest BCUT2D eigenvalue weighted by atomic mass is 9.98. The normalized spacial score (nSPS) is 12.9. The van der Waals surface area contributed by atoms with Crippen molar-refractivity contribution < 1.29 is 27.4 Å². The average Bonchev–Trinajstić information content (AvgIpc) is 3.12. The van der Waals surface area contributed by atoms with Crippen molar-refractivity contribution in [2.45, 2.75) is 18.7 Å². The van der Waals surface area contributed by atoms with Gasteiger partial charge in [-0.2, -0.15) is 0 Å². The van der Waals surface area contributed by atoms with Gasteiger partial charge in [0.05, 0.1) is 5.69 Å². The van der Waals surface area contributed by atoms with Gasteiger partial charge in [0, 0.05) is 12.5 Å². The number of alkyl carbamates (subject to hydrolysis) is 1. The quantitative estimate of drug-likeness (QED) is 0.324. The van der Waals surface area contributed by atoms with Crippen molar-refractivity contribution in [3.63, 3.8) is 0 Å². The molecule has 5 nitrogen and oxygen atoms in total. The van der Waals surface area contributed by atoms with Crippen molar-refractivity contribution in [1.82, 2.24) is 5.32 Å². The predicted octanol–water partition coefficient (Wildman–Crippen LogP) is 6.11. The minimum atomic E-state index is -4.82. The van der Waals surface area contributed by atoms with Crippen molar-refractivity contribution in [3.8, 4) is 16.9 Å². The summed E-state index contributed by atoms with van der Waals surface area (Å²) in [5.41, 5.74) is 10.5. The summed E-state index contributed by atoms with van der Waals surface area (Å²) in [6.07, 6.45) is -1.52. The second-order valence-corrected chi connectivity index (χ2v) is 7.79. The van der Waals surface area contributed by atoms with E-state index in [0.717, 1.165) is 22.3 Å². The highest BCUT2D eigenvalue weighted by molar-refractivity contribution is 5.79. The number of fused-ring (bicyclic) bond motifs is 3. The molecule has 3 aromatic carbocycles. The van der Waals surface area contributed by atoms with Gasteiger partial charge in [0.1, 0.15) is 6.61 Å². The number of nitrogens with two attached hydrogens (primary N) is 1. The van der Waals surface area contributed by atoms with Crippen LogP contribution in [0.5, 0.6) is 5.75 Å². The number of nitrogens with one attached hydrogen (secondary N) is 1. The summed E-state index contributed by atoms with van der Waals surface area (Å²) < 4.78 is 46.7. The largest absolute Gasteiger partial charge is 0.573 e. The number of anilines is 1. The van der Waals surface area contributed by atoms with Crippen LogP contribution in [0.3, 0.4) is 0 Å². The molecule has 0 saturated carbocycles. The Balaban J connectivity index is 1.26. The Morgan fingerprint density at radius 2 is 1.65 bits per heavy atom. The lowest BCUT2D eigenvalue weighted by Gasteiger charge is -2.14. The first kappa shape index (κ1) is 23.2. The fourth-order valence-corrected chi connectivity index (χ4v) is 3.99. The summed E-state index contributed by atoms with van der Waals surface area (Å²) in [7, 11) is 0. The van der Waals surface area contributed by atoms with Crippen LogP contribution in [0.1, 0.15) is 29.0 Å². The average molecular weight is 468 g/mol. The Hall–Kier alpha value is -3.94. The van der Waals surface area contributed by atoms with E-state index in [-0.39, 0.29) is 18.2 Å². The highest BCUT2D eigenvalue weighted by Gasteiger charge is 2.32. The number of benzene rings is 3. The number of carbonyl (C=O) groups excluding carboxylic acids is 1. The first-order valence-corrected chi connectivity index (χ1v) is 10.7. The van der Waals surface area contributed by atoms with Gasteiger partial charge >= 0.3 is 12.5 Å². The van der Waals surface area contributed by atoms with Crippen LogP contribution < -0.4 is 15.8 Å².